The summed E-state index contributed by atoms with van der Waals surface area (Å²) in [7, 11) is 0. The molecular weight excluding hydrogens is 423 g/mol. The van der Waals surface area contributed by atoms with Crippen molar-refractivity contribution < 1.29 is 14.5 Å². The largest absolute Gasteiger partial charge is 0.445 e. The quantitative estimate of drug-likeness (QED) is 0.295. The van der Waals surface area contributed by atoms with Gasteiger partial charge in [0.2, 0.25) is 3.79 Å². The number of carbonyl (C=O) groups excluding carboxylic acids is 1. The van der Waals surface area contributed by atoms with Gasteiger partial charge in [0.25, 0.3) is 0 Å². The Hall–Kier alpha value is -2.30. The summed E-state index contributed by atoms with van der Waals surface area (Å²) < 4.78 is 4.43. The van der Waals surface area contributed by atoms with Crippen LogP contribution in [0.15, 0.2) is 30.6 Å². The lowest BCUT2D eigenvalue weighted by Crippen LogP contribution is -2.49. The maximum atomic E-state index is 12.0. The van der Waals surface area contributed by atoms with Gasteiger partial charge in [0.05, 0.1) is 0 Å². The molecule has 0 aliphatic carbocycles. The summed E-state index contributed by atoms with van der Waals surface area (Å²) >= 11 is 17.6. The molecule has 0 aliphatic heterocycles. The van der Waals surface area contributed by atoms with Gasteiger partial charge in [-0.25, -0.2) is 19.3 Å². The first-order chi connectivity index (χ1) is 12.7. The third kappa shape index (κ3) is 6.12. The molecule has 2 aromatic heterocycles. The highest BCUT2D eigenvalue weighted by Crippen LogP contribution is 2.30. The van der Waals surface area contributed by atoms with Gasteiger partial charge >= 0.3 is 11.9 Å². The van der Waals surface area contributed by atoms with E-state index in [1.807, 2.05) is 0 Å². The zero-order chi connectivity index (χ0) is 20.0. The summed E-state index contributed by atoms with van der Waals surface area (Å²) in [4.78, 5) is 30.2. The normalized spacial score (nSPS) is 12.3. The number of rotatable bonds is 7. The number of nitro groups is 1. The smallest absolute Gasteiger partial charge is 0.409 e. The maximum Gasteiger partial charge on any atom is 0.409 e. The molecule has 10 nitrogen and oxygen atoms in total. The Kier molecular flexibility index (Phi) is 7.05. The predicted octanol–water partition coefficient (Wildman–Crippen LogP) is 3.03. The number of aryl methyl sites for hydroxylation is 1. The maximum absolute atomic E-state index is 12.0. The van der Waals surface area contributed by atoms with Crippen LogP contribution in [0.3, 0.4) is 0 Å². The van der Waals surface area contributed by atoms with E-state index in [1.165, 1.54) is 10.8 Å². The summed E-state index contributed by atoms with van der Waals surface area (Å²) in [5.41, 5.74) is 0. The van der Waals surface area contributed by atoms with E-state index in [-0.39, 0.29) is 19.0 Å². The number of ether oxygens (including phenoxy) is 1. The molecule has 0 unspecified atom stereocenters. The number of pyridine rings is 1. The first kappa shape index (κ1) is 21.0. The number of alkyl halides is 3. The third-order valence-corrected chi connectivity index (χ3v) is 3.97. The zero-order valence-corrected chi connectivity index (χ0v) is 16.2. The summed E-state index contributed by atoms with van der Waals surface area (Å²) in [6, 6.07) is 5.04. The number of nitrogens with zero attached hydrogens (tertiary/aromatic N) is 4. The van der Waals surface area contributed by atoms with E-state index >= 15 is 0 Å². The molecular formula is C14H15Cl3N6O4. The Bertz CT molecular complexity index is 796. The number of alkyl carbamates (subject to hydrolysis) is 1. The fourth-order valence-electron chi connectivity index (χ4n) is 2.06. The van der Waals surface area contributed by atoms with Crippen molar-refractivity contribution in [2.24, 2.45) is 0 Å². The van der Waals surface area contributed by atoms with Crippen molar-refractivity contribution in [3.05, 3.63) is 46.5 Å². The summed E-state index contributed by atoms with van der Waals surface area (Å²) in [5.74, 6) is 0.591. The fraction of sp³-hybridized carbons (Fsp3) is 0.357. The molecule has 2 aromatic rings. The Labute approximate surface area is 168 Å². The second-order valence-corrected chi connectivity index (χ2v) is 7.56. The van der Waals surface area contributed by atoms with E-state index in [0.29, 0.717) is 11.6 Å². The van der Waals surface area contributed by atoms with Crippen LogP contribution in [0.4, 0.5) is 16.4 Å². The van der Waals surface area contributed by atoms with Crippen LogP contribution in [0, 0.1) is 17.0 Å². The summed E-state index contributed by atoms with van der Waals surface area (Å²) in [6.45, 7) is 1.49. The van der Waals surface area contributed by atoms with Crippen LogP contribution in [0.1, 0.15) is 5.82 Å². The first-order valence-corrected chi connectivity index (χ1v) is 8.66. The molecule has 0 radical (unpaired) electrons. The summed E-state index contributed by atoms with van der Waals surface area (Å²) in [5, 5.41) is 16.1. The van der Waals surface area contributed by atoms with Gasteiger partial charge in [-0.1, -0.05) is 40.9 Å². The van der Waals surface area contributed by atoms with E-state index in [0.717, 1.165) is 6.20 Å². The number of carbonyl (C=O) groups is 1. The van der Waals surface area contributed by atoms with E-state index in [4.69, 9.17) is 39.5 Å². The van der Waals surface area contributed by atoms with Crippen LogP contribution in [0.25, 0.3) is 0 Å². The van der Waals surface area contributed by atoms with Crippen molar-refractivity contribution in [1.82, 2.24) is 19.9 Å². The van der Waals surface area contributed by atoms with Gasteiger partial charge in [-0.05, 0) is 17.1 Å². The van der Waals surface area contributed by atoms with E-state index in [1.54, 1.807) is 25.1 Å². The van der Waals surface area contributed by atoms with Crippen molar-refractivity contribution in [1.29, 1.82) is 0 Å². The highest BCUT2D eigenvalue weighted by Gasteiger charge is 2.34. The SMILES string of the molecule is Cc1ncc([N+](=O)[O-])n1CCOC(=O)N[C@H](Nc1ccccn1)C(Cl)(Cl)Cl. The second-order valence-electron chi connectivity index (χ2n) is 5.19. The van der Waals surface area contributed by atoms with Gasteiger partial charge in [0.1, 0.15) is 25.2 Å². The number of hydrogen-bond donors (Lipinski definition) is 2. The molecule has 0 spiro atoms. The van der Waals surface area contributed by atoms with Crippen LogP contribution in [0.2, 0.25) is 0 Å². The zero-order valence-electron chi connectivity index (χ0n) is 13.9. The number of hydrogen-bond acceptors (Lipinski definition) is 7. The molecule has 2 N–H and O–H groups in total. The van der Waals surface area contributed by atoms with Gasteiger partial charge in [-0.3, -0.25) is 5.32 Å². The van der Waals surface area contributed by atoms with Gasteiger partial charge in [-0.15, -0.1) is 0 Å². The minimum absolute atomic E-state index is 0.0433. The second kappa shape index (κ2) is 9.07. The summed E-state index contributed by atoms with van der Waals surface area (Å²) in [6.07, 6.45) is 0.644. The Balaban J connectivity index is 1.92. The molecule has 146 valence electrons. The van der Waals surface area contributed by atoms with Crippen molar-refractivity contribution in [2.45, 2.75) is 23.4 Å². The average Bonchev–Trinajstić information content (AvgIpc) is 2.95. The van der Waals surface area contributed by atoms with Crippen molar-refractivity contribution in [3.63, 3.8) is 0 Å². The molecule has 2 rings (SSSR count). The lowest BCUT2D eigenvalue weighted by atomic mass is 10.4. The number of halogens is 3. The van der Waals surface area contributed by atoms with Crippen LogP contribution in [0.5, 0.6) is 0 Å². The standard InChI is InChI=1S/C14H15Cl3N6O4/c1-9-19-8-11(23(25)26)22(9)6-7-27-13(24)21-12(14(15,16)17)20-10-4-2-3-5-18-10/h2-5,8,12H,6-7H2,1H3,(H,18,20)(H,21,24)/t12-/m0/s1. The number of aromatic nitrogens is 3. The average molecular weight is 438 g/mol. The van der Waals surface area contributed by atoms with Crippen LogP contribution >= 0.6 is 34.8 Å². The molecule has 0 saturated carbocycles. The number of anilines is 1. The van der Waals surface area contributed by atoms with Gasteiger partial charge in [-0.2, -0.15) is 0 Å². The van der Waals surface area contributed by atoms with Gasteiger partial charge < -0.3 is 20.2 Å². The number of amides is 1. The first-order valence-electron chi connectivity index (χ1n) is 7.52. The number of imidazole rings is 1. The molecule has 13 heteroatoms. The van der Waals surface area contributed by atoms with Crippen molar-refractivity contribution in [3.8, 4) is 0 Å². The molecule has 0 aliphatic rings. The van der Waals surface area contributed by atoms with Crippen LogP contribution < -0.4 is 10.6 Å². The third-order valence-electron chi connectivity index (χ3n) is 3.32. The molecule has 0 fully saturated rings. The minimum atomic E-state index is -1.89. The lowest BCUT2D eigenvalue weighted by molar-refractivity contribution is -0.392. The molecule has 27 heavy (non-hydrogen) atoms. The van der Waals surface area contributed by atoms with Crippen LogP contribution in [-0.2, 0) is 11.3 Å². The van der Waals surface area contributed by atoms with Gasteiger partial charge in [0, 0.05) is 13.1 Å². The van der Waals surface area contributed by atoms with Crippen molar-refractivity contribution >= 4 is 52.5 Å². The van der Waals surface area contributed by atoms with Crippen molar-refractivity contribution in [2.75, 3.05) is 11.9 Å². The molecule has 0 saturated heterocycles. The highest BCUT2D eigenvalue weighted by atomic mass is 35.6. The molecule has 1 amide bonds. The van der Waals surface area contributed by atoms with Gasteiger partial charge in [0.15, 0.2) is 12.0 Å². The van der Waals surface area contributed by atoms with E-state index < -0.39 is 21.0 Å². The predicted molar refractivity (Wildman–Crippen MR) is 100 cm³/mol. The monoisotopic (exact) mass is 436 g/mol. The topological polar surface area (TPSA) is 124 Å². The molecule has 0 aromatic carbocycles. The van der Waals surface area contributed by atoms with Crippen LogP contribution in [-0.4, -0.2) is 42.1 Å². The Morgan fingerprint density at radius 3 is 2.74 bits per heavy atom. The number of nitrogens with one attached hydrogen (secondary N) is 2. The molecule has 0 bridgehead atoms. The highest BCUT2D eigenvalue weighted by molar-refractivity contribution is 6.68. The Morgan fingerprint density at radius 1 is 1.41 bits per heavy atom. The molecule has 1 atom stereocenters. The van der Waals surface area contributed by atoms with E-state index in [9.17, 15) is 14.9 Å². The Morgan fingerprint density at radius 2 is 2.15 bits per heavy atom. The molecule has 2 heterocycles. The lowest BCUT2D eigenvalue weighted by Gasteiger charge is -2.26. The minimum Gasteiger partial charge on any atom is -0.445 e. The van der Waals surface area contributed by atoms with E-state index in [2.05, 4.69) is 20.6 Å². The fourth-order valence-corrected chi connectivity index (χ4v) is 2.39.